The van der Waals surface area contributed by atoms with Crippen LogP contribution in [0.25, 0.3) is 0 Å². The first-order valence-electron chi connectivity index (χ1n) is 5.84. The molecule has 1 aromatic rings. The Morgan fingerprint density at radius 1 is 1.53 bits per heavy atom. The molecule has 7 nitrogen and oxygen atoms in total. The molecule has 19 heavy (non-hydrogen) atoms. The summed E-state index contributed by atoms with van der Waals surface area (Å²) in [4.78, 5) is 15.5. The zero-order valence-corrected chi connectivity index (χ0v) is 11.8. The molecule has 1 aliphatic heterocycles. The summed E-state index contributed by atoms with van der Waals surface area (Å²) in [5, 5.41) is 8.87. The molecule has 0 atom stereocenters. The lowest BCUT2D eigenvalue weighted by atomic mass is 9.99. The number of nitrogens with one attached hydrogen (secondary N) is 1. The Bertz CT molecular complexity index is 521. The summed E-state index contributed by atoms with van der Waals surface area (Å²) in [5.41, 5.74) is 1.64. The third-order valence-corrected chi connectivity index (χ3v) is 5.39. The summed E-state index contributed by atoms with van der Waals surface area (Å²) < 4.78 is 27.8. The summed E-state index contributed by atoms with van der Waals surface area (Å²) >= 11 is 1.38. The van der Waals surface area contributed by atoms with Crippen LogP contribution in [0.4, 0.5) is 0 Å². The van der Waals surface area contributed by atoms with Crippen molar-refractivity contribution in [2.45, 2.75) is 19.4 Å². The van der Waals surface area contributed by atoms with Crippen LogP contribution in [0.1, 0.15) is 17.7 Å². The first kappa shape index (κ1) is 14.4. The fourth-order valence-electron chi connectivity index (χ4n) is 1.93. The molecule has 1 aliphatic rings. The summed E-state index contributed by atoms with van der Waals surface area (Å²) in [6.45, 7) is 0.704. The van der Waals surface area contributed by atoms with E-state index in [0.29, 0.717) is 12.8 Å². The molecule has 1 fully saturated rings. The van der Waals surface area contributed by atoms with Crippen molar-refractivity contribution in [1.29, 1.82) is 0 Å². The van der Waals surface area contributed by atoms with Crippen LogP contribution in [0, 0.1) is 5.92 Å². The van der Waals surface area contributed by atoms with Crippen molar-refractivity contribution in [3.63, 3.8) is 0 Å². The zero-order chi connectivity index (χ0) is 13.9. The molecule has 1 aromatic heterocycles. The number of piperidine rings is 1. The Morgan fingerprint density at radius 2 is 2.21 bits per heavy atom. The molecule has 0 aromatic carbocycles. The zero-order valence-electron chi connectivity index (χ0n) is 10.2. The van der Waals surface area contributed by atoms with Crippen LogP contribution in [-0.2, 0) is 21.5 Å². The molecule has 0 amide bonds. The Hall–Kier alpha value is -1.03. The number of thiazole rings is 1. The van der Waals surface area contributed by atoms with Gasteiger partial charge in [-0.05, 0) is 12.8 Å². The average molecular weight is 305 g/mol. The van der Waals surface area contributed by atoms with Crippen LogP contribution in [0.15, 0.2) is 11.7 Å². The number of aliphatic carboxylic acids is 1. The van der Waals surface area contributed by atoms with Gasteiger partial charge in [-0.3, -0.25) is 9.78 Å². The van der Waals surface area contributed by atoms with Gasteiger partial charge >= 0.3 is 5.97 Å². The van der Waals surface area contributed by atoms with Gasteiger partial charge in [0.2, 0.25) is 0 Å². The highest BCUT2D eigenvalue weighted by molar-refractivity contribution is 7.87. The Balaban J connectivity index is 1.88. The number of hydrogen-bond acceptors (Lipinski definition) is 5. The molecular weight excluding hydrogens is 290 g/mol. The topological polar surface area (TPSA) is 99.6 Å². The Morgan fingerprint density at radius 3 is 2.74 bits per heavy atom. The molecule has 2 heterocycles. The molecule has 0 bridgehead atoms. The highest BCUT2D eigenvalue weighted by Crippen LogP contribution is 2.19. The molecule has 0 unspecified atom stereocenters. The normalized spacial score (nSPS) is 18.5. The Labute approximate surface area is 115 Å². The number of hydrogen-bond donors (Lipinski definition) is 2. The van der Waals surface area contributed by atoms with Gasteiger partial charge in [0, 0.05) is 30.7 Å². The van der Waals surface area contributed by atoms with Crippen LogP contribution in [-0.4, -0.2) is 41.9 Å². The lowest BCUT2D eigenvalue weighted by Gasteiger charge is -2.29. The maximum absolute atomic E-state index is 12.0. The monoisotopic (exact) mass is 305 g/mol. The van der Waals surface area contributed by atoms with Crippen LogP contribution in [0.5, 0.6) is 0 Å². The molecular formula is C10H15N3O4S2. The van der Waals surface area contributed by atoms with Gasteiger partial charge in [-0.15, -0.1) is 11.3 Å². The van der Waals surface area contributed by atoms with Crippen LogP contribution in [0.2, 0.25) is 0 Å². The average Bonchev–Trinajstić information content (AvgIpc) is 2.90. The van der Waals surface area contributed by atoms with E-state index in [0.717, 1.165) is 4.88 Å². The molecule has 0 saturated carbocycles. The molecule has 2 rings (SSSR count). The van der Waals surface area contributed by atoms with E-state index in [1.54, 1.807) is 11.7 Å². The van der Waals surface area contributed by atoms with Crippen molar-refractivity contribution < 1.29 is 18.3 Å². The second-order valence-electron chi connectivity index (χ2n) is 4.31. The molecule has 0 spiro atoms. The van der Waals surface area contributed by atoms with Crippen molar-refractivity contribution in [1.82, 2.24) is 14.0 Å². The Kier molecular flexibility index (Phi) is 4.50. The van der Waals surface area contributed by atoms with Crippen molar-refractivity contribution in [2.75, 3.05) is 13.1 Å². The van der Waals surface area contributed by atoms with Crippen LogP contribution < -0.4 is 4.72 Å². The van der Waals surface area contributed by atoms with E-state index in [9.17, 15) is 13.2 Å². The van der Waals surface area contributed by atoms with Gasteiger partial charge in [-0.25, -0.2) is 0 Å². The fraction of sp³-hybridized carbons (Fsp3) is 0.600. The van der Waals surface area contributed by atoms with Crippen molar-refractivity contribution >= 4 is 27.5 Å². The predicted molar refractivity (Wildman–Crippen MR) is 69.8 cm³/mol. The molecule has 106 valence electrons. The first-order valence-corrected chi connectivity index (χ1v) is 8.16. The minimum atomic E-state index is -3.54. The number of rotatable bonds is 5. The number of carbonyl (C=O) groups is 1. The molecule has 2 N–H and O–H groups in total. The maximum Gasteiger partial charge on any atom is 0.306 e. The smallest absolute Gasteiger partial charge is 0.306 e. The van der Waals surface area contributed by atoms with Gasteiger partial charge in [0.1, 0.15) is 0 Å². The molecule has 9 heteroatoms. The summed E-state index contributed by atoms with van der Waals surface area (Å²) in [6.07, 6.45) is 2.33. The maximum atomic E-state index is 12.0. The van der Waals surface area contributed by atoms with Gasteiger partial charge in [0.05, 0.1) is 11.4 Å². The van der Waals surface area contributed by atoms with E-state index < -0.39 is 22.1 Å². The highest BCUT2D eigenvalue weighted by atomic mass is 32.2. The van der Waals surface area contributed by atoms with E-state index in [1.165, 1.54) is 15.6 Å². The van der Waals surface area contributed by atoms with Gasteiger partial charge in [0.15, 0.2) is 0 Å². The van der Waals surface area contributed by atoms with E-state index in [2.05, 4.69) is 9.71 Å². The number of aromatic nitrogens is 1. The quantitative estimate of drug-likeness (QED) is 0.813. The van der Waals surface area contributed by atoms with Crippen molar-refractivity contribution in [3.8, 4) is 0 Å². The molecule has 0 radical (unpaired) electrons. The summed E-state index contributed by atoms with van der Waals surface area (Å²) in [7, 11) is -3.54. The lowest BCUT2D eigenvalue weighted by Crippen LogP contribution is -2.45. The highest BCUT2D eigenvalue weighted by Gasteiger charge is 2.30. The predicted octanol–water partition coefficient (Wildman–Crippen LogP) is 0.274. The first-order chi connectivity index (χ1) is 8.99. The lowest BCUT2D eigenvalue weighted by molar-refractivity contribution is -0.142. The standard InChI is InChI=1S/C10H15N3O4S2/c14-10(15)8-1-3-13(4-2-8)19(16,17)12-6-9-5-11-7-18-9/h5,7-8,12H,1-4,6H2,(H,14,15). The van der Waals surface area contributed by atoms with Gasteiger partial charge in [-0.1, -0.05) is 0 Å². The minimum Gasteiger partial charge on any atom is -0.481 e. The largest absolute Gasteiger partial charge is 0.481 e. The summed E-state index contributed by atoms with van der Waals surface area (Å²) in [5.74, 6) is -1.29. The second-order valence-corrected chi connectivity index (χ2v) is 7.03. The number of nitrogens with zero attached hydrogens (tertiary/aromatic N) is 2. The second kappa shape index (κ2) is 5.95. The van der Waals surface area contributed by atoms with E-state index >= 15 is 0 Å². The van der Waals surface area contributed by atoms with Gasteiger partial charge in [-0.2, -0.15) is 17.4 Å². The molecule has 1 saturated heterocycles. The third kappa shape index (κ3) is 3.72. The van der Waals surface area contributed by atoms with Crippen LogP contribution in [0.3, 0.4) is 0 Å². The number of carboxylic acid groups (broad SMARTS) is 1. The fourth-order valence-corrected chi connectivity index (χ4v) is 3.76. The molecule has 0 aliphatic carbocycles. The van der Waals surface area contributed by atoms with Gasteiger partial charge < -0.3 is 5.11 Å². The van der Waals surface area contributed by atoms with Crippen LogP contribution >= 0.6 is 11.3 Å². The van der Waals surface area contributed by atoms with Crippen molar-refractivity contribution in [2.24, 2.45) is 5.92 Å². The minimum absolute atomic E-state index is 0.214. The van der Waals surface area contributed by atoms with Crippen molar-refractivity contribution in [3.05, 3.63) is 16.6 Å². The SMILES string of the molecule is O=C(O)C1CCN(S(=O)(=O)NCc2cncs2)CC1. The number of carboxylic acids is 1. The van der Waals surface area contributed by atoms with E-state index in [1.807, 2.05) is 0 Å². The summed E-state index contributed by atoms with van der Waals surface area (Å²) in [6, 6.07) is 0. The van der Waals surface area contributed by atoms with Gasteiger partial charge in [0.25, 0.3) is 10.2 Å². The third-order valence-electron chi connectivity index (χ3n) is 3.06. The van der Waals surface area contributed by atoms with E-state index in [-0.39, 0.29) is 19.6 Å². The van der Waals surface area contributed by atoms with E-state index in [4.69, 9.17) is 5.11 Å².